The van der Waals surface area contributed by atoms with Gasteiger partial charge in [0.15, 0.2) is 0 Å². The molecule has 0 atom stereocenters. The van der Waals surface area contributed by atoms with Gasteiger partial charge in [-0.15, -0.1) is 0 Å². The number of carbonyl (C=O) groups is 1. The van der Waals surface area contributed by atoms with Crippen molar-refractivity contribution in [1.82, 2.24) is 10.2 Å². The fraction of sp³-hybridized carbons (Fsp3) is 0.800. The van der Waals surface area contributed by atoms with Gasteiger partial charge in [-0.3, -0.25) is 9.69 Å². The number of hydrogen-bond acceptors (Lipinski definition) is 3. The Morgan fingerprint density at radius 2 is 2.14 bits per heavy atom. The molecular weight excluding hydrogens is 178 g/mol. The standard InChI is InChI=1S/C10H17N3O/c1-10(8-11)3-5-13(6-4-10)7-9(14)12-2/h3-7H2,1-2H3,(H,12,14). The number of likely N-dealkylation sites (N-methyl/N-ethyl adjacent to an activating group) is 1. The van der Waals surface area contributed by atoms with Crippen molar-refractivity contribution >= 4 is 5.91 Å². The molecule has 0 spiro atoms. The second-order valence-electron chi connectivity index (χ2n) is 4.12. The van der Waals surface area contributed by atoms with Crippen LogP contribution in [0.1, 0.15) is 19.8 Å². The predicted octanol–water partition coefficient (Wildman–Crippen LogP) is 0.358. The normalized spacial score (nSPS) is 21.2. The van der Waals surface area contributed by atoms with Gasteiger partial charge in [-0.2, -0.15) is 5.26 Å². The summed E-state index contributed by atoms with van der Waals surface area (Å²) in [6, 6.07) is 2.34. The van der Waals surface area contributed by atoms with E-state index in [0.29, 0.717) is 6.54 Å². The number of carbonyl (C=O) groups excluding carboxylic acids is 1. The van der Waals surface area contributed by atoms with Crippen LogP contribution >= 0.6 is 0 Å². The third-order valence-electron chi connectivity index (χ3n) is 2.88. The highest BCUT2D eigenvalue weighted by molar-refractivity contribution is 5.77. The minimum Gasteiger partial charge on any atom is -0.358 e. The van der Waals surface area contributed by atoms with E-state index in [1.165, 1.54) is 0 Å². The van der Waals surface area contributed by atoms with Crippen molar-refractivity contribution in [2.24, 2.45) is 5.41 Å². The Morgan fingerprint density at radius 1 is 1.57 bits per heavy atom. The lowest BCUT2D eigenvalue weighted by Crippen LogP contribution is -2.43. The predicted molar refractivity (Wildman–Crippen MR) is 53.5 cm³/mol. The molecule has 1 N–H and O–H groups in total. The summed E-state index contributed by atoms with van der Waals surface area (Å²) < 4.78 is 0. The molecule has 78 valence electrons. The Balaban J connectivity index is 2.37. The van der Waals surface area contributed by atoms with E-state index >= 15 is 0 Å². The van der Waals surface area contributed by atoms with E-state index < -0.39 is 0 Å². The highest BCUT2D eigenvalue weighted by Crippen LogP contribution is 2.29. The van der Waals surface area contributed by atoms with Crippen LogP contribution in [0, 0.1) is 16.7 Å². The lowest BCUT2D eigenvalue weighted by Gasteiger charge is -2.34. The van der Waals surface area contributed by atoms with Crippen molar-refractivity contribution in [2.75, 3.05) is 26.7 Å². The molecule has 1 amide bonds. The third-order valence-corrected chi connectivity index (χ3v) is 2.88. The average Bonchev–Trinajstić information content (AvgIpc) is 2.21. The van der Waals surface area contributed by atoms with Gasteiger partial charge in [-0.25, -0.2) is 0 Å². The molecule has 0 unspecified atom stereocenters. The Hall–Kier alpha value is -1.08. The first-order chi connectivity index (χ1) is 6.59. The van der Waals surface area contributed by atoms with Gasteiger partial charge in [-0.1, -0.05) is 0 Å². The first-order valence-corrected chi connectivity index (χ1v) is 4.94. The zero-order valence-corrected chi connectivity index (χ0v) is 8.84. The smallest absolute Gasteiger partial charge is 0.233 e. The summed E-state index contributed by atoms with van der Waals surface area (Å²) >= 11 is 0. The molecule has 1 aliphatic heterocycles. The van der Waals surface area contributed by atoms with Crippen LogP contribution in [0.4, 0.5) is 0 Å². The fourth-order valence-corrected chi connectivity index (χ4v) is 1.60. The summed E-state index contributed by atoms with van der Waals surface area (Å²) in [5.41, 5.74) is -0.181. The number of nitrogens with zero attached hydrogens (tertiary/aromatic N) is 2. The zero-order chi connectivity index (χ0) is 10.6. The molecule has 1 heterocycles. The van der Waals surface area contributed by atoms with Gasteiger partial charge in [0, 0.05) is 20.1 Å². The van der Waals surface area contributed by atoms with Gasteiger partial charge in [0.2, 0.25) is 5.91 Å². The topological polar surface area (TPSA) is 56.1 Å². The Kier molecular flexibility index (Phi) is 3.48. The van der Waals surface area contributed by atoms with Crippen LogP contribution in [0.5, 0.6) is 0 Å². The second-order valence-corrected chi connectivity index (χ2v) is 4.12. The van der Waals surface area contributed by atoms with Crippen LogP contribution in [0.3, 0.4) is 0 Å². The van der Waals surface area contributed by atoms with Crippen LogP contribution in [0.2, 0.25) is 0 Å². The number of rotatable bonds is 2. The molecule has 1 aliphatic rings. The molecular formula is C10H17N3O. The molecule has 0 bridgehead atoms. The number of hydrogen-bond donors (Lipinski definition) is 1. The van der Waals surface area contributed by atoms with E-state index in [1.807, 2.05) is 6.92 Å². The number of piperidine rings is 1. The van der Waals surface area contributed by atoms with E-state index in [2.05, 4.69) is 16.3 Å². The molecule has 4 nitrogen and oxygen atoms in total. The molecule has 0 aromatic rings. The molecule has 14 heavy (non-hydrogen) atoms. The van der Waals surface area contributed by atoms with Crippen LogP contribution in [-0.4, -0.2) is 37.5 Å². The third kappa shape index (κ3) is 2.71. The zero-order valence-electron chi connectivity index (χ0n) is 8.84. The first kappa shape index (κ1) is 11.0. The van der Waals surface area contributed by atoms with Crippen molar-refractivity contribution in [3.63, 3.8) is 0 Å². The molecule has 1 fully saturated rings. The summed E-state index contributed by atoms with van der Waals surface area (Å²) in [5.74, 6) is 0.0468. The largest absolute Gasteiger partial charge is 0.358 e. The summed E-state index contributed by atoms with van der Waals surface area (Å²) in [6.45, 7) is 4.14. The van der Waals surface area contributed by atoms with Gasteiger partial charge < -0.3 is 5.32 Å². The lowest BCUT2D eigenvalue weighted by atomic mass is 9.82. The minimum atomic E-state index is -0.181. The van der Waals surface area contributed by atoms with Gasteiger partial charge in [0.05, 0.1) is 18.0 Å². The average molecular weight is 195 g/mol. The fourth-order valence-electron chi connectivity index (χ4n) is 1.60. The molecule has 0 saturated carbocycles. The first-order valence-electron chi connectivity index (χ1n) is 4.94. The van der Waals surface area contributed by atoms with E-state index in [-0.39, 0.29) is 11.3 Å². The highest BCUT2D eigenvalue weighted by Gasteiger charge is 2.30. The van der Waals surface area contributed by atoms with Crippen LogP contribution in [-0.2, 0) is 4.79 Å². The molecule has 1 saturated heterocycles. The van der Waals surface area contributed by atoms with Gasteiger partial charge >= 0.3 is 0 Å². The quantitative estimate of drug-likeness (QED) is 0.692. The molecule has 0 aromatic heterocycles. The van der Waals surface area contributed by atoms with Crippen LogP contribution in [0.15, 0.2) is 0 Å². The highest BCUT2D eigenvalue weighted by atomic mass is 16.1. The Morgan fingerprint density at radius 3 is 2.57 bits per heavy atom. The molecule has 0 radical (unpaired) electrons. The SMILES string of the molecule is CNC(=O)CN1CCC(C)(C#N)CC1. The van der Waals surface area contributed by atoms with Crippen LogP contribution < -0.4 is 5.32 Å². The van der Waals surface area contributed by atoms with Crippen molar-refractivity contribution in [3.05, 3.63) is 0 Å². The molecule has 1 rings (SSSR count). The maximum absolute atomic E-state index is 11.1. The second kappa shape index (κ2) is 4.43. The van der Waals surface area contributed by atoms with E-state index in [4.69, 9.17) is 5.26 Å². The monoisotopic (exact) mass is 195 g/mol. The maximum atomic E-state index is 11.1. The lowest BCUT2D eigenvalue weighted by molar-refractivity contribution is -0.122. The van der Waals surface area contributed by atoms with E-state index in [1.54, 1.807) is 7.05 Å². The minimum absolute atomic E-state index is 0.0468. The summed E-state index contributed by atoms with van der Waals surface area (Å²) in [5, 5.41) is 11.5. The van der Waals surface area contributed by atoms with Crippen molar-refractivity contribution in [3.8, 4) is 6.07 Å². The van der Waals surface area contributed by atoms with Crippen molar-refractivity contribution < 1.29 is 4.79 Å². The van der Waals surface area contributed by atoms with E-state index in [0.717, 1.165) is 25.9 Å². The van der Waals surface area contributed by atoms with Gasteiger partial charge in [0.1, 0.15) is 0 Å². The molecule has 4 heteroatoms. The summed E-state index contributed by atoms with van der Waals surface area (Å²) in [7, 11) is 1.64. The van der Waals surface area contributed by atoms with Gasteiger partial charge in [0.25, 0.3) is 0 Å². The maximum Gasteiger partial charge on any atom is 0.233 e. The molecule has 0 aliphatic carbocycles. The summed E-state index contributed by atoms with van der Waals surface area (Å²) in [4.78, 5) is 13.2. The van der Waals surface area contributed by atoms with E-state index in [9.17, 15) is 4.79 Å². The molecule has 0 aromatic carbocycles. The number of nitriles is 1. The number of amides is 1. The van der Waals surface area contributed by atoms with Gasteiger partial charge in [-0.05, 0) is 19.8 Å². The number of nitrogens with one attached hydrogen (secondary N) is 1. The van der Waals surface area contributed by atoms with Crippen molar-refractivity contribution in [2.45, 2.75) is 19.8 Å². The Bertz CT molecular complexity index is 249. The Labute approximate surface area is 84.9 Å². The van der Waals surface area contributed by atoms with Crippen LogP contribution in [0.25, 0.3) is 0 Å². The summed E-state index contributed by atoms with van der Waals surface area (Å²) in [6.07, 6.45) is 1.72. The van der Waals surface area contributed by atoms with Crippen molar-refractivity contribution in [1.29, 1.82) is 5.26 Å². The number of likely N-dealkylation sites (tertiary alicyclic amines) is 1.